The molecule has 0 aliphatic carbocycles. The summed E-state index contributed by atoms with van der Waals surface area (Å²) in [6, 6.07) is 3.97. The van der Waals surface area contributed by atoms with Crippen LogP contribution in [0.4, 0.5) is 0 Å². The molecule has 5 N–H and O–H groups in total. The van der Waals surface area contributed by atoms with Crippen molar-refractivity contribution in [3.05, 3.63) is 29.3 Å². The Morgan fingerprint density at radius 2 is 1.90 bits per heavy atom. The summed E-state index contributed by atoms with van der Waals surface area (Å²) in [7, 11) is 0. The Bertz CT molecular complexity index is 686. The summed E-state index contributed by atoms with van der Waals surface area (Å²) in [5.41, 5.74) is 0.589. The van der Waals surface area contributed by atoms with Gasteiger partial charge < -0.3 is 25.7 Å². The van der Waals surface area contributed by atoms with E-state index < -0.39 is 30.3 Å². The third-order valence-corrected chi connectivity index (χ3v) is 6.37. The van der Waals surface area contributed by atoms with E-state index in [9.17, 15) is 30.0 Å². The van der Waals surface area contributed by atoms with Gasteiger partial charge in [-0.3, -0.25) is 9.59 Å². The van der Waals surface area contributed by atoms with Crippen LogP contribution in [-0.2, 0) is 11.2 Å². The van der Waals surface area contributed by atoms with E-state index in [2.05, 4.69) is 27.9 Å². The minimum atomic E-state index is -1.56. The Hall–Kier alpha value is -1.23. The van der Waals surface area contributed by atoms with Crippen molar-refractivity contribution in [1.29, 1.82) is 0 Å². The first-order chi connectivity index (χ1) is 14.2. The Morgan fingerprint density at radius 3 is 2.53 bits per heavy atom. The lowest BCUT2D eigenvalue weighted by atomic mass is 9.90. The van der Waals surface area contributed by atoms with Crippen LogP contribution in [0.25, 0.3) is 0 Å². The van der Waals surface area contributed by atoms with E-state index in [1.165, 1.54) is 6.07 Å². The Labute approximate surface area is 192 Å². The van der Waals surface area contributed by atoms with E-state index >= 15 is 0 Å². The highest BCUT2D eigenvalue weighted by Crippen LogP contribution is 2.26. The van der Waals surface area contributed by atoms with E-state index in [0.717, 1.165) is 6.42 Å². The highest BCUT2D eigenvalue weighted by Gasteiger charge is 2.32. The molecule has 1 amide bonds. The van der Waals surface area contributed by atoms with E-state index in [4.69, 9.17) is 0 Å². The van der Waals surface area contributed by atoms with Gasteiger partial charge in [-0.1, -0.05) is 55.5 Å². The minimum absolute atomic E-state index is 0.0620. The normalized spacial score (nSPS) is 28.9. The lowest BCUT2D eigenvalue weighted by molar-refractivity contribution is -0.137. The summed E-state index contributed by atoms with van der Waals surface area (Å²) in [6.45, 7) is 6.04. The molecular formula is C22H34INO6. The first-order valence-corrected chi connectivity index (χ1v) is 11.7. The maximum absolute atomic E-state index is 12.4. The number of rotatable bonds is 4. The van der Waals surface area contributed by atoms with Gasteiger partial charge in [0.15, 0.2) is 12.4 Å². The van der Waals surface area contributed by atoms with Crippen LogP contribution in [-0.4, -0.2) is 60.9 Å². The van der Waals surface area contributed by atoms with Gasteiger partial charge in [-0.05, 0) is 43.2 Å². The highest BCUT2D eigenvalue weighted by molar-refractivity contribution is 14.1. The number of carbonyl (C=O) groups excluding carboxylic acids is 2. The van der Waals surface area contributed by atoms with Crippen LogP contribution in [0.1, 0.15) is 62.4 Å². The minimum Gasteiger partial charge on any atom is -0.507 e. The molecule has 0 spiro atoms. The second kappa shape index (κ2) is 13.2. The smallest absolute Gasteiger partial charge is 0.251 e. The number of nitrogens with one attached hydrogen (secondary N) is 1. The summed E-state index contributed by atoms with van der Waals surface area (Å²) in [4.78, 5) is 23.6. The zero-order valence-corrected chi connectivity index (χ0v) is 19.9. The molecule has 30 heavy (non-hydrogen) atoms. The van der Waals surface area contributed by atoms with Crippen molar-refractivity contribution in [3.63, 3.8) is 0 Å². The topological polar surface area (TPSA) is 127 Å². The molecular weight excluding hydrogens is 501 g/mol. The Balaban J connectivity index is 0.00000218. The van der Waals surface area contributed by atoms with Crippen molar-refractivity contribution in [2.24, 2.45) is 5.92 Å². The van der Waals surface area contributed by atoms with Crippen LogP contribution in [0.15, 0.2) is 18.2 Å². The van der Waals surface area contributed by atoms with Gasteiger partial charge in [-0.2, -0.15) is 0 Å². The van der Waals surface area contributed by atoms with Crippen LogP contribution < -0.4 is 5.32 Å². The van der Waals surface area contributed by atoms with Gasteiger partial charge >= 0.3 is 0 Å². The molecule has 170 valence electrons. The molecule has 0 bridgehead atoms. The van der Waals surface area contributed by atoms with Crippen molar-refractivity contribution in [2.75, 3.05) is 0 Å². The summed E-state index contributed by atoms with van der Waals surface area (Å²) in [5.74, 6) is -0.683. The van der Waals surface area contributed by atoms with E-state index in [1.807, 2.05) is 20.8 Å². The van der Waals surface area contributed by atoms with Crippen LogP contribution >= 0.6 is 22.6 Å². The summed E-state index contributed by atoms with van der Waals surface area (Å²) < 4.78 is 0.285. The number of aromatic hydroxyl groups is 1. The molecule has 1 aromatic carbocycles. The first kappa shape index (κ1) is 26.8. The standard InChI is InChI=1S/C20H28INO6.C2H6/c1-11-7-13(21)5-6-17(25)19(27)20(28)22-15(8-11)18(26)9-12-3-2-4-16(24)14(12)10-23;1-2/h2-4,10-11,13,15,17-19,24-27H,5-9H2,1H3,(H,22,28);1-2H3. The van der Waals surface area contributed by atoms with E-state index in [1.54, 1.807) is 12.1 Å². The molecule has 8 heteroatoms. The molecule has 1 aromatic rings. The Kier molecular flexibility index (Phi) is 11.8. The van der Waals surface area contributed by atoms with Crippen LogP contribution in [0.3, 0.4) is 0 Å². The van der Waals surface area contributed by atoms with Gasteiger partial charge in [0.2, 0.25) is 0 Å². The zero-order valence-electron chi connectivity index (χ0n) is 17.8. The van der Waals surface area contributed by atoms with E-state index in [-0.39, 0.29) is 27.6 Å². The number of carbonyl (C=O) groups is 2. The quantitative estimate of drug-likeness (QED) is 0.229. The van der Waals surface area contributed by atoms with Crippen LogP contribution in [0.2, 0.25) is 0 Å². The number of alkyl halides is 1. The molecule has 1 heterocycles. The van der Waals surface area contributed by atoms with Gasteiger partial charge in [0.05, 0.1) is 23.8 Å². The molecule has 6 atom stereocenters. The number of hydrogen-bond donors (Lipinski definition) is 5. The first-order valence-electron chi connectivity index (χ1n) is 10.5. The molecule has 6 unspecified atom stereocenters. The molecule has 1 fully saturated rings. The maximum Gasteiger partial charge on any atom is 0.251 e. The second-order valence-corrected chi connectivity index (χ2v) is 9.38. The fraction of sp³-hybridized carbons (Fsp3) is 0.636. The van der Waals surface area contributed by atoms with Gasteiger partial charge in [-0.25, -0.2) is 0 Å². The molecule has 0 saturated carbocycles. The summed E-state index contributed by atoms with van der Waals surface area (Å²) in [6.07, 6.45) is -0.773. The van der Waals surface area contributed by atoms with Crippen LogP contribution in [0, 0.1) is 5.92 Å². The Morgan fingerprint density at radius 1 is 1.23 bits per heavy atom. The van der Waals surface area contributed by atoms with Crippen molar-refractivity contribution in [3.8, 4) is 5.75 Å². The van der Waals surface area contributed by atoms with Crippen molar-refractivity contribution >= 4 is 34.8 Å². The third-order valence-electron chi connectivity index (χ3n) is 5.24. The van der Waals surface area contributed by atoms with Gasteiger partial charge in [-0.15, -0.1) is 0 Å². The van der Waals surface area contributed by atoms with Crippen LogP contribution in [0.5, 0.6) is 5.75 Å². The van der Waals surface area contributed by atoms with Gasteiger partial charge in [0, 0.05) is 10.3 Å². The average molecular weight is 535 g/mol. The fourth-order valence-corrected chi connectivity index (χ4v) is 4.86. The molecule has 7 nitrogen and oxygen atoms in total. The zero-order chi connectivity index (χ0) is 22.8. The average Bonchev–Trinajstić information content (AvgIpc) is 2.73. The predicted molar refractivity (Wildman–Crippen MR) is 124 cm³/mol. The largest absolute Gasteiger partial charge is 0.507 e. The van der Waals surface area contributed by atoms with Crippen molar-refractivity contribution < 1.29 is 30.0 Å². The van der Waals surface area contributed by atoms with Gasteiger partial charge in [0.25, 0.3) is 5.91 Å². The molecule has 0 radical (unpaired) electrons. The monoisotopic (exact) mass is 535 g/mol. The number of aliphatic hydroxyl groups excluding tert-OH is 3. The number of aliphatic hydroxyl groups is 3. The number of benzene rings is 1. The summed E-state index contributed by atoms with van der Waals surface area (Å²) >= 11 is 2.31. The highest BCUT2D eigenvalue weighted by atomic mass is 127. The maximum atomic E-state index is 12.4. The number of halogens is 1. The van der Waals surface area contributed by atoms with Gasteiger partial charge in [0.1, 0.15) is 5.75 Å². The SMILES string of the molecule is CC.CC1CC(I)CCC(O)C(O)C(=O)NC(C(O)Cc2cccc(O)c2C=O)C1. The predicted octanol–water partition coefficient (Wildman–Crippen LogP) is 2.35. The fourth-order valence-electron chi connectivity index (χ4n) is 3.63. The lowest BCUT2D eigenvalue weighted by Crippen LogP contribution is -2.51. The molecule has 1 aliphatic rings. The molecule has 2 rings (SSSR count). The number of hydrogen-bond acceptors (Lipinski definition) is 6. The number of aldehydes is 1. The third kappa shape index (κ3) is 7.79. The molecule has 0 aromatic heterocycles. The second-order valence-electron chi connectivity index (χ2n) is 7.62. The van der Waals surface area contributed by atoms with Crippen molar-refractivity contribution in [1.82, 2.24) is 5.32 Å². The summed E-state index contributed by atoms with van der Waals surface area (Å²) in [5, 5.41) is 43.4. The molecule has 1 aliphatic heterocycles. The number of phenols is 1. The van der Waals surface area contributed by atoms with Crippen molar-refractivity contribution in [2.45, 2.75) is 81.2 Å². The van der Waals surface area contributed by atoms with E-state index in [0.29, 0.717) is 31.1 Å². The molecule has 1 saturated heterocycles. The number of amides is 1. The number of phenolic OH excluding ortho intramolecular Hbond substituents is 1. The lowest BCUT2D eigenvalue weighted by Gasteiger charge is -2.28.